The van der Waals surface area contributed by atoms with Crippen LogP contribution >= 0.6 is 22.9 Å². The summed E-state index contributed by atoms with van der Waals surface area (Å²) in [6.45, 7) is -0.0946. The normalized spacial score (nSPS) is 10.8. The highest BCUT2D eigenvalue weighted by atomic mass is 35.5. The summed E-state index contributed by atoms with van der Waals surface area (Å²) in [5.41, 5.74) is 1.55. The van der Waals surface area contributed by atoms with Crippen LogP contribution in [0.2, 0.25) is 5.02 Å². The molecule has 0 aliphatic rings. The predicted octanol–water partition coefficient (Wildman–Crippen LogP) is 3.52. The Balaban J connectivity index is 1.42. The molecule has 2 aromatic heterocycles. The molecule has 0 aliphatic carbocycles. The molecule has 0 atom stereocenters. The minimum absolute atomic E-state index is 0.0946. The minimum atomic E-state index is -0.254. The first kappa shape index (κ1) is 16.5. The van der Waals surface area contributed by atoms with Gasteiger partial charge in [-0.25, -0.2) is 0 Å². The van der Waals surface area contributed by atoms with Crippen LogP contribution in [0.3, 0.4) is 0 Å². The number of carbonyl (C=O) groups is 1. The van der Waals surface area contributed by atoms with E-state index in [9.17, 15) is 4.79 Å². The van der Waals surface area contributed by atoms with Crippen LogP contribution in [-0.2, 0) is 4.79 Å². The molecule has 0 saturated heterocycles. The minimum Gasteiger partial charge on any atom is -0.484 e. The molecule has 0 aliphatic heterocycles. The molecule has 0 spiro atoms. The van der Waals surface area contributed by atoms with Gasteiger partial charge in [0, 0.05) is 16.3 Å². The standard InChI is InChI=1S/C17H12ClN5O2S/c18-12-4-6-14(7-5-12)25-9-15(24)20-13-3-1-2-11(8-13)16-22-23-10-19-21-17(23)26-16/h1-8,10H,9H2,(H,20,24). The maximum absolute atomic E-state index is 12.1. The predicted molar refractivity (Wildman–Crippen MR) is 99.7 cm³/mol. The van der Waals surface area contributed by atoms with Crippen LogP contribution in [0.15, 0.2) is 54.9 Å². The van der Waals surface area contributed by atoms with Gasteiger partial charge in [0.05, 0.1) is 0 Å². The quantitative estimate of drug-likeness (QED) is 0.568. The molecule has 0 bridgehead atoms. The van der Waals surface area contributed by atoms with Crippen molar-refractivity contribution in [1.29, 1.82) is 0 Å². The van der Waals surface area contributed by atoms with Crippen molar-refractivity contribution in [3.63, 3.8) is 0 Å². The van der Waals surface area contributed by atoms with E-state index in [0.29, 0.717) is 21.4 Å². The summed E-state index contributed by atoms with van der Waals surface area (Å²) in [5.74, 6) is 0.327. The molecule has 26 heavy (non-hydrogen) atoms. The molecule has 0 saturated carbocycles. The zero-order valence-electron chi connectivity index (χ0n) is 13.3. The Hall–Kier alpha value is -2.97. The van der Waals surface area contributed by atoms with Gasteiger partial charge < -0.3 is 10.1 Å². The van der Waals surface area contributed by atoms with E-state index in [-0.39, 0.29) is 12.5 Å². The maximum Gasteiger partial charge on any atom is 0.262 e. The van der Waals surface area contributed by atoms with Crippen LogP contribution in [0, 0.1) is 0 Å². The molecular formula is C17H12ClN5O2S. The molecule has 4 rings (SSSR count). The lowest BCUT2D eigenvalue weighted by Crippen LogP contribution is -2.20. The van der Waals surface area contributed by atoms with Crippen LogP contribution < -0.4 is 10.1 Å². The highest BCUT2D eigenvalue weighted by Crippen LogP contribution is 2.26. The second-order valence-corrected chi connectivity index (χ2v) is 6.73. The molecule has 0 fully saturated rings. The summed E-state index contributed by atoms with van der Waals surface area (Å²) in [6.07, 6.45) is 1.55. The second-order valence-electron chi connectivity index (χ2n) is 5.34. The average molecular weight is 386 g/mol. The monoisotopic (exact) mass is 385 g/mol. The van der Waals surface area contributed by atoms with Crippen molar-refractivity contribution < 1.29 is 9.53 Å². The van der Waals surface area contributed by atoms with Gasteiger partial charge >= 0.3 is 0 Å². The lowest BCUT2D eigenvalue weighted by Gasteiger charge is -2.08. The molecule has 1 amide bonds. The lowest BCUT2D eigenvalue weighted by atomic mass is 10.2. The molecule has 7 nitrogen and oxygen atoms in total. The van der Waals surface area contributed by atoms with Crippen molar-refractivity contribution in [2.75, 3.05) is 11.9 Å². The summed E-state index contributed by atoms with van der Waals surface area (Å²) in [4.78, 5) is 12.8. The van der Waals surface area contributed by atoms with Crippen LogP contribution in [0.4, 0.5) is 5.69 Å². The summed E-state index contributed by atoms with van der Waals surface area (Å²) in [7, 11) is 0. The molecule has 130 valence electrons. The summed E-state index contributed by atoms with van der Waals surface area (Å²) in [5, 5.41) is 16.4. The van der Waals surface area contributed by atoms with Gasteiger partial charge in [0.15, 0.2) is 6.61 Å². The highest BCUT2D eigenvalue weighted by molar-refractivity contribution is 7.19. The van der Waals surface area contributed by atoms with E-state index in [1.54, 1.807) is 35.1 Å². The number of nitrogens with zero attached hydrogens (tertiary/aromatic N) is 4. The summed E-state index contributed by atoms with van der Waals surface area (Å²) < 4.78 is 7.06. The summed E-state index contributed by atoms with van der Waals surface area (Å²) >= 11 is 7.24. The zero-order valence-corrected chi connectivity index (χ0v) is 14.9. The highest BCUT2D eigenvalue weighted by Gasteiger charge is 2.09. The fourth-order valence-electron chi connectivity index (χ4n) is 2.28. The van der Waals surface area contributed by atoms with E-state index < -0.39 is 0 Å². The second kappa shape index (κ2) is 7.11. The van der Waals surface area contributed by atoms with E-state index >= 15 is 0 Å². The van der Waals surface area contributed by atoms with Gasteiger partial charge in [-0.3, -0.25) is 4.79 Å². The Labute approximate surface area is 157 Å². The fourth-order valence-corrected chi connectivity index (χ4v) is 3.23. The third-order valence-electron chi connectivity index (χ3n) is 3.46. The van der Waals surface area contributed by atoms with E-state index in [4.69, 9.17) is 16.3 Å². The first-order valence-electron chi connectivity index (χ1n) is 7.63. The molecule has 9 heteroatoms. The van der Waals surface area contributed by atoms with Crippen LogP contribution in [0.25, 0.3) is 15.5 Å². The first-order valence-corrected chi connectivity index (χ1v) is 8.82. The SMILES string of the molecule is O=C(COc1ccc(Cl)cc1)Nc1cccc(-c2nn3cnnc3s2)c1. The first-order chi connectivity index (χ1) is 12.7. The van der Waals surface area contributed by atoms with Gasteiger partial charge in [-0.15, -0.1) is 10.2 Å². The van der Waals surface area contributed by atoms with Crippen molar-refractivity contribution >= 4 is 39.5 Å². The average Bonchev–Trinajstić information content (AvgIpc) is 3.23. The van der Waals surface area contributed by atoms with E-state index in [0.717, 1.165) is 10.6 Å². The Morgan fingerprint density at radius 1 is 1.23 bits per heavy atom. The Morgan fingerprint density at radius 2 is 2.08 bits per heavy atom. The number of aromatic nitrogens is 4. The molecular weight excluding hydrogens is 374 g/mol. The van der Waals surface area contributed by atoms with Crippen LogP contribution in [-0.4, -0.2) is 32.3 Å². The van der Waals surface area contributed by atoms with E-state index in [1.807, 2.05) is 24.3 Å². The number of ether oxygens (including phenoxy) is 1. The Morgan fingerprint density at radius 3 is 2.88 bits per heavy atom. The molecule has 2 aromatic carbocycles. The fraction of sp³-hybridized carbons (Fsp3) is 0.0588. The van der Waals surface area contributed by atoms with Crippen molar-refractivity contribution in [3.8, 4) is 16.3 Å². The molecule has 0 radical (unpaired) electrons. The van der Waals surface area contributed by atoms with Crippen molar-refractivity contribution in [2.45, 2.75) is 0 Å². The van der Waals surface area contributed by atoms with Gasteiger partial charge in [-0.2, -0.15) is 9.61 Å². The number of hydrogen-bond donors (Lipinski definition) is 1. The Bertz CT molecular complexity index is 1030. The van der Waals surface area contributed by atoms with E-state index in [2.05, 4.69) is 20.6 Å². The maximum atomic E-state index is 12.1. The largest absolute Gasteiger partial charge is 0.484 e. The molecule has 0 unspecified atom stereocenters. The third-order valence-corrected chi connectivity index (χ3v) is 4.68. The number of fused-ring (bicyclic) bond motifs is 1. The van der Waals surface area contributed by atoms with Gasteiger partial charge in [0.1, 0.15) is 17.1 Å². The van der Waals surface area contributed by atoms with Gasteiger partial charge in [0.2, 0.25) is 4.96 Å². The third kappa shape index (κ3) is 3.66. The van der Waals surface area contributed by atoms with Crippen molar-refractivity contribution in [2.24, 2.45) is 0 Å². The van der Waals surface area contributed by atoms with Crippen LogP contribution in [0.5, 0.6) is 5.75 Å². The van der Waals surface area contributed by atoms with E-state index in [1.165, 1.54) is 11.3 Å². The van der Waals surface area contributed by atoms with Gasteiger partial charge in [-0.1, -0.05) is 35.1 Å². The number of anilines is 1. The lowest BCUT2D eigenvalue weighted by molar-refractivity contribution is -0.118. The summed E-state index contributed by atoms with van der Waals surface area (Å²) in [6, 6.07) is 14.3. The van der Waals surface area contributed by atoms with Gasteiger partial charge in [0.25, 0.3) is 5.91 Å². The Kier molecular flexibility index (Phi) is 4.51. The van der Waals surface area contributed by atoms with Gasteiger partial charge in [-0.05, 0) is 36.4 Å². The number of nitrogens with one attached hydrogen (secondary N) is 1. The van der Waals surface area contributed by atoms with Crippen LogP contribution in [0.1, 0.15) is 0 Å². The topological polar surface area (TPSA) is 81.4 Å². The number of amides is 1. The molecule has 2 heterocycles. The number of halogens is 1. The van der Waals surface area contributed by atoms with Crippen molar-refractivity contribution in [1.82, 2.24) is 19.8 Å². The molecule has 1 N–H and O–H groups in total. The molecule has 4 aromatic rings. The number of hydrogen-bond acceptors (Lipinski definition) is 6. The number of benzene rings is 2. The zero-order chi connectivity index (χ0) is 17.9. The van der Waals surface area contributed by atoms with Crippen molar-refractivity contribution in [3.05, 3.63) is 59.9 Å². The number of rotatable bonds is 5. The smallest absolute Gasteiger partial charge is 0.262 e. The number of carbonyl (C=O) groups excluding carboxylic acids is 1.